The summed E-state index contributed by atoms with van der Waals surface area (Å²) in [5.41, 5.74) is 1.49. The predicted octanol–water partition coefficient (Wildman–Crippen LogP) is 3.10. The van der Waals surface area contributed by atoms with E-state index in [1.807, 2.05) is 49.2 Å². The number of benzene rings is 2. The number of carbonyl (C=O) groups excluding carboxylic acids is 1. The molecular weight excluding hydrogens is 374 g/mol. The number of nitrogens with zero attached hydrogens (tertiary/aromatic N) is 2. The largest absolute Gasteiger partial charge is 0.324 e. The molecule has 1 aliphatic heterocycles. The molecule has 3 rings (SSSR count). The Bertz CT molecular complexity index is 892. The summed E-state index contributed by atoms with van der Waals surface area (Å²) in [4.78, 5) is 15.2. The van der Waals surface area contributed by atoms with Gasteiger partial charge < -0.3 is 5.32 Å². The van der Waals surface area contributed by atoms with Gasteiger partial charge in [0.15, 0.2) is 0 Å². The lowest BCUT2D eigenvalue weighted by Crippen LogP contribution is -2.34. The molecule has 0 saturated carbocycles. The first kappa shape index (κ1) is 20.5. The molecule has 7 heteroatoms. The summed E-state index contributed by atoms with van der Waals surface area (Å²) in [6, 6.07) is 15.6. The number of likely N-dealkylation sites (N-methyl/N-ethyl adjacent to an activating group) is 1. The summed E-state index contributed by atoms with van der Waals surface area (Å²) in [6.07, 6.45) is 1.80. The van der Waals surface area contributed by atoms with Crippen molar-refractivity contribution in [2.75, 3.05) is 32.0 Å². The van der Waals surface area contributed by atoms with Crippen molar-refractivity contribution in [1.29, 1.82) is 0 Å². The van der Waals surface area contributed by atoms with Gasteiger partial charge in [-0.1, -0.05) is 37.3 Å². The van der Waals surface area contributed by atoms with E-state index in [9.17, 15) is 13.2 Å². The molecule has 1 N–H and O–H groups in total. The molecule has 1 saturated heterocycles. The van der Waals surface area contributed by atoms with Gasteiger partial charge in [0, 0.05) is 18.8 Å². The summed E-state index contributed by atoms with van der Waals surface area (Å²) >= 11 is 0. The van der Waals surface area contributed by atoms with Gasteiger partial charge in [-0.15, -0.1) is 0 Å². The second-order valence-corrected chi connectivity index (χ2v) is 8.95. The van der Waals surface area contributed by atoms with Crippen LogP contribution in [-0.4, -0.2) is 50.2 Å². The highest BCUT2D eigenvalue weighted by atomic mass is 32.2. The topological polar surface area (TPSA) is 69.7 Å². The highest BCUT2D eigenvalue weighted by Gasteiger charge is 2.27. The molecule has 1 aliphatic rings. The van der Waals surface area contributed by atoms with Gasteiger partial charge in [0.25, 0.3) is 0 Å². The first-order valence-electron chi connectivity index (χ1n) is 9.59. The van der Waals surface area contributed by atoms with Crippen molar-refractivity contribution < 1.29 is 13.2 Å². The van der Waals surface area contributed by atoms with E-state index in [0.29, 0.717) is 18.8 Å². The van der Waals surface area contributed by atoms with E-state index in [1.165, 1.54) is 4.31 Å². The van der Waals surface area contributed by atoms with E-state index in [2.05, 4.69) is 5.32 Å². The minimum absolute atomic E-state index is 0.147. The van der Waals surface area contributed by atoms with Crippen LogP contribution in [0, 0.1) is 0 Å². The SMILES string of the molecule is CCN(C)C(C(=O)Nc1ccc(S(=O)(=O)N2CCCC2)cc1)c1ccccc1. The maximum atomic E-state index is 12.9. The van der Waals surface area contributed by atoms with Crippen molar-refractivity contribution in [2.24, 2.45) is 0 Å². The molecule has 1 fully saturated rings. The Morgan fingerprint density at radius 2 is 1.68 bits per heavy atom. The zero-order chi connectivity index (χ0) is 20.1. The molecule has 150 valence electrons. The number of carbonyl (C=O) groups is 1. The monoisotopic (exact) mass is 401 g/mol. The number of rotatable bonds is 7. The van der Waals surface area contributed by atoms with Crippen LogP contribution in [0.1, 0.15) is 31.4 Å². The van der Waals surface area contributed by atoms with Gasteiger partial charge in [0.05, 0.1) is 4.90 Å². The van der Waals surface area contributed by atoms with Gasteiger partial charge in [0.2, 0.25) is 15.9 Å². The molecule has 0 aliphatic carbocycles. The van der Waals surface area contributed by atoms with Gasteiger partial charge in [-0.05, 0) is 56.3 Å². The lowest BCUT2D eigenvalue weighted by atomic mass is 10.0. The minimum atomic E-state index is -3.45. The smallest absolute Gasteiger partial charge is 0.246 e. The third-order valence-corrected chi connectivity index (χ3v) is 7.04. The molecule has 0 radical (unpaired) electrons. The van der Waals surface area contributed by atoms with E-state index in [0.717, 1.165) is 24.9 Å². The average Bonchev–Trinajstić information content (AvgIpc) is 3.25. The Labute approximate surface area is 167 Å². The van der Waals surface area contributed by atoms with Crippen molar-refractivity contribution >= 4 is 21.6 Å². The van der Waals surface area contributed by atoms with Crippen LogP contribution in [-0.2, 0) is 14.8 Å². The van der Waals surface area contributed by atoms with Crippen molar-refractivity contribution in [2.45, 2.75) is 30.7 Å². The number of amides is 1. The normalized spacial score (nSPS) is 16.2. The van der Waals surface area contributed by atoms with E-state index in [1.54, 1.807) is 24.3 Å². The van der Waals surface area contributed by atoms with Crippen molar-refractivity contribution in [3.05, 3.63) is 60.2 Å². The van der Waals surface area contributed by atoms with Crippen molar-refractivity contribution in [1.82, 2.24) is 9.21 Å². The fourth-order valence-corrected chi connectivity index (χ4v) is 4.94. The molecular formula is C21H27N3O3S. The van der Waals surface area contributed by atoms with Crippen LogP contribution < -0.4 is 5.32 Å². The van der Waals surface area contributed by atoms with Gasteiger partial charge in [-0.2, -0.15) is 4.31 Å². The predicted molar refractivity (Wildman–Crippen MR) is 111 cm³/mol. The zero-order valence-electron chi connectivity index (χ0n) is 16.3. The summed E-state index contributed by atoms with van der Waals surface area (Å²) in [5.74, 6) is -0.147. The van der Waals surface area contributed by atoms with Crippen molar-refractivity contribution in [3.8, 4) is 0 Å². The standard InChI is InChI=1S/C21H27N3O3S/c1-3-23(2)20(17-9-5-4-6-10-17)21(25)22-18-11-13-19(14-12-18)28(26,27)24-15-7-8-16-24/h4-6,9-14,20H,3,7-8,15-16H2,1-2H3,(H,22,25). The fourth-order valence-electron chi connectivity index (χ4n) is 3.42. The van der Waals surface area contributed by atoms with Crippen LogP contribution in [0.4, 0.5) is 5.69 Å². The van der Waals surface area contributed by atoms with Crippen LogP contribution in [0.3, 0.4) is 0 Å². The molecule has 1 unspecified atom stereocenters. The lowest BCUT2D eigenvalue weighted by molar-refractivity contribution is -0.121. The van der Waals surface area contributed by atoms with Gasteiger partial charge in [0.1, 0.15) is 6.04 Å². The molecule has 0 aromatic heterocycles. The number of anilines is 1. The quantitative estimate of drug-likeness (QED) is 0.774. The van der Waals surface area contributed by atoms with Crippen LogP contribution in [0.5, 0.6) is 0 Å². The van der Waals surface area contributed by atoms with E-state index in [4.69, 9.17) is 0 Å². The summed E-state index contributed by atoms with van der Waals surface area (Å²) in [7, 11) is -1.54. The van der Waals surface area contributed by atoms with Crippen LogP contribution >= 0.6 is 0 Å². The Balaban J connectivity index is 1.76. The first-order valence-corrected chi connectivity index (χ1v) is 11.0. The van der Waals surface area contributed by atoms with Crippen LogP contribution in [0.15, 0.2) is 59.5 Å². The molecule has 1 heterocycles. The van der Waals surface area contributed by atoms with Gasteiger partial charge in [-0.3, -0.25) is 9.69 Å². The third-order valence-electron chi connectivity index (χ3n) is 5.13. The highest BCUT2D eigenvalue weighted by molar-refractivity contribution is 7.89. The minimum Gasteiger partial charge on any atom is -0.324 e. The average molecular weight is 402 g/mol. The van der Waals surface area contributed by atoms with Crippen molar-refractivity contribution in [3.63, 3.8) is 0 Å². The summed E-state index contributed by atoms with van der Waals surface area (Å²) < 4.78 is 26.8. The van der Waals surface area contributed by atoms with Gasteiger partial charge in [-0.25, -0.2) is 8.42 Å². The number of sulfonamides is 1. The van der Waals surface area contributed by atoms with Crippen LogP contribution in [0.2, 0.25) is 0 Å². The first-order chi connectivity index (χ1) is 13.4. The molecule has 0 bridgehead atoms. The number of nitrogens with one attached hydrogen (secondary N) is 1. The maximum absolute atomic E-state index is 12.9. The molecule has 2 aromatic rings. The Kier molecular flexibility index (Phi) is 6.49. The second kappa shape index (κ2) is 8.86. The van der Waals surface area contributed by atoms with Crippen LogP contribution in [0.25, 0.3) is 0 Å². The van der Waals surface area contributed by atoms with Gasteiger partial charge >= 0.3 is 0 Å². The zero-order valence-corrected chi connectivity index (χ0v) is 17.2. The Hall–Kier alpha value is -2.22. The maximum Gasteiger partial charge on any atom is 0.246 e. The molecule has 28 heavy (non-hydrogen) atoms. The van der Waals surface area contributed by atoms with E-state index in [-0.39, 0.29) is 10.8 Å². The Morgan fingerprint density at radius 3 is 2.25 bits per heavy atom. The highest BCUT2D eigenvalue weighted by Crippen LogP contribution is 2.24. The molecule has 1 atom stereocenters. The number of hydrogen-bond donors (Lipinski definition) is 1. The fraction of sp³-hybridized carbons (Fsp3) is 0.381. The third kappa shape index (κ3) is 4.43. The van der Waals surface area contributed by atoms with E-state index >= 15 is 0 Å². The molecule has 1 amide bonds. The molecule has 6 nitrogen and oxygen atoms in total. The number of hydrogen-bond acceptors (Lipinski definition) is 4. The van der Waals surface area contributed by atoms with E-state index < -0.39 is 16.1 Å². The Morgan fingerprint density at radius 1 is 1.07 bits per heavy atom. The summed E-state index contributed by atoms with van der Waals surface area (Å²) in [5, 5.41) is 2.91. The molecule has 2 aromatic carbocycles. The summed E-state index contributed by atoms with van der Waals surface area (Å²) in [6.45, 7) is 3.87. The molecule has 0 spiro atoms. The lowest BCUT2D eigenvalue weighted by Gasteiger charge is -2.26. The second-order valence-electron chi connectivity index (χ2n) is 7.01.